The van der Waals surface area contributed by atoms with Gasteiger partial charge in [-0.05, 0) is 0 Å². The van der Waals surface area contributed by atoms with Crippen molar-refractivity contribution in [3.63, 3.8) is 0 Å². The number of benzene rings is 2. The van der Waals surface area contributed by atoms with Crippen LogP contribution in [-0.2, 0) is 43.8 Å². The van der Waals surface area contributed by atoms with Gasteiger partial charge in [-0.15, -0.1) is 6.42 Å². The third-order valence-corrected chi connectivity index (χ3v) is 1.46. The van der Waals surface area contributed by atoms with Gasteiger partial charge in [-0.25, -0.2) is 0 Å². The van der Waals surface area contributed by atoms with E-state index in [1.54, 1.807) is 0 Å². The Balaban J connectivity index is -0.000000193. The summed E-state index contributed by atoms with van der Waals surface area (Å²) in [6, 6.07) is 25.0. The number of hydrogen-bond acceptors (Lipinski definition) is 1. The van der Waals surface area contributed by atoms with Gasteiger partial charge in [-0.1, -0.05) is 0 Å². The van der Waals surface area contributed by atoms with Crippen molar-refractivity contribution in [2.75, 3.05) is 0 Å². The van der Waals surface area contributed by atoms with Crippen molar-refractivity contribution in [1.82, 2.24) is 0 Å². The minimum absolute atomic E-state index is 0. The molecule has 1 amide bonds. The van der Waals surface area contributed by atoms with E-state index in [1.165, 1.54) is 0 Å². The molecule has 2 nitrogen and oxygen atoms in total. The van der Waals surface area contributed by atoms with Crippen LogP contribution in [-0.4, -0.2) is 5.91 Å². The van der Waals surface area contributed by atoms with E-state index in [9.17, 15) is 4.79 Å². The summed E-state index contributed by atoms with van der Waals surface area (Å²) in [6.45, 7) is 3.21. The summed E-state index contributed by atoms with van der Waals surface area (Å²) in [7, 11) is 0. The van der Waals surface area contributed by atoms with E-state index in [2.05, 4.69) is 24.8 Å². The van der Waals surface area contributed by atoms with Crippen LogP contribution in [0.5, 0.6) is 0 Å². The summed E-state index contributed by atoms with van der Waals surface area (Å²) in [6.07, 6.45) is 0.194. The molecule has 0 fully saturated rings. The molecule has 0 atom stereocenters. The van der Waals surface area contributed by atoms with Gasteiger partial charge in [0.05, 0.1) is 0 Å². The summed E-state index contributed by atoms with van der Waals surface area (Å²) in [5, 5.41) is 0. The number of carbonyl (C=O) groups is 1. The fourth-order valence-corrected chi connectivity index (χ4v) is 0.684. The Bertz CT molecular complexity index is 284. The predicted molar refractivity (Wildman–Crippen MR) is 69.7 cm³/mol. The molecule has 2 N–H and O–H groups in total. The van der Waals surface area contributed by atoms with Crippen LogP contribution < -0.4 is 5.73 Å². The number of rotatable bonds is 1. The second-order valence-corrected chi connectivity index (χ2v) is 2.87. The molecule has 0 bridgehead atoms. The molecule has 0 saturated heterocycles. The van der Waals surface area contributed by atoms with Gasteiger partial charge in [0.1, 0.15) is 0 Å². The van der Waals surface area contributed by atoms with E-state index in [4.69, 9.17) is 0 Å². The summed E-state index contributed by atoms with van der Waals surface area (Å²) in [5.74, 6) is -0.356. The molecular weight excluding hydrogens is 341 g/mol. The first-order chi connectivity index (χ1) is 8.27. The van der Waals surface area contributed by atoms with Crippen molar-refractivity contribution in [3.8, 4) is 0 Å². The third kappa shape index (κ3) is 22.8. The summed E-state index contributed by atoms with van der Waals surface area (Å²) >= 11 is 0. The maximum Gasteiger partial charge on any atom is 2.00 e. The van der Waals surface area contributed by atoms with Crippen molar-refractivity contribution in [1.29, 1.82) is 0 Å². The Labute approximate surface area is 141 Å². The van der Waals surface area contributed by atoms with Crippen molar-refractivity contribution < 1.29 is 43.8 Å². The Kier molecular flexibility index (Phi) is 23.9. The quantitative estimate of drug-likeness (QED) is 0.619. The predicted octanol–water partition coefficient (Wildman–Crippen LogP) is 2.66. The molecular formula is C15H16NOZn2-. The Morgan fingerprint density at radius 2 is 1.16 bits per heavy atom. The number of amides is 1. The standard InChI is InChI=1S/2C6H5.C3H6NO.2Zn/c2*1-2-4-6-5-3-1;1-2-3(4)5;;/h2*1-5H;1-2H2,(H2,4,5);;/q3*-1;;+2. The molecule has 0 saturated carbocycles. The number of nitrogens with two attached hydrogens (primary N) is 1. The fraction of sp³-hybridized carbons (Fsp3) is 0.0667. The second-order valence-electron chi connectivity index (χ2n) is 2.87. The van der Waals surface area contributed by atoms with E-state index in [1.807, 2.05) is 60.7 Å². The summed E-state index contributed by atoms with van der Waals surface area (Å²) < 4.78 is 0. The maximum absolute atomic E-state index is 9.53. The van der Waals surface area contributed by atoms with Gasteiger partial charge >= 0.3 is 19.5 Å². The van der Waals surface area contributed by atoms with Crippen LogP contribution in [0.25, 0.3) is 0 Å². The first-order valence-electron chi connectivity index (χ1n) is 5.17. The largest absolute Gasteiger partial charge is 2.00 e. The van der Waals surface area contributed by atoms with Gasteiger partial charge in [0.2, 0.25) is 0 Å². The average molecular weight is 357 g/mol. The van der Waals surface area contributed by atoms with Crippen molar-refractivity contribution >= 4 is 5.91 Å². The van der Waals surface area contributed by atoms with Crippen LogP contribution in [0.4, 0.5) is 0 Å². The first-order valence-corrected chi connectivity index (χ1v) is 5.17. The molecule has 4 heteroatoms. The molecule has 2 rings (SSSR count). The first kappa shape index (κ1) is 23.3. The van der Waals surface area contributed by atoms with Gasteiger partial charge in [0, 0.05) is 19.5 Å². The average Bonchev–Trinajstić information content (AvgIpc) is 2.44. The molecule has 0 radical (unpaired) electrons. The molecule has 92 valence electrons. The van der Waals surface area contributed by atoms with Crippen molar-refractivity contribution in [2.24, 2.45) is 5.73 Å². The van der Waals surface area contributed by atoms with Gasteiger partial charge < -0.3 is 12.7 Å². The normalized spacial score (nSPS) is 7.00. The molecule has 0 unspecified atom stereocenters. The second kappa shape index (κ2) is 19.5. The summed E-state index contributed by atoms with van der Waals surface area (Å²) in [5.41, 5.74) is 4.59. The van der Waals surface area contributed by atoms with Crippen molar-refractivity contribution in [2.45, 2.75) is 6.42 Å². The molecule has 0 aliphatic rings. The summed E-state index contributed by atoms with van der Waals surface area (Å²) in [4.78, 5) is 9.53. The van der Waals surface area contributed by atoms with E-state index in [-0.39, 0.29) is 51.3 Å². The Morgan fingerprint density at radius 3 is 1.21 bits per heavy atom. The number of primary amides is 1. The molecule has 19 heavy (non-hydrogen) atoms. The van der Waals surface area contributed by atoms with Gasteiger partial charge in [-0.3, -0.25) is 4.79 Å². The van der Waals surface area contributed by atoms with Gasteiger partial charge in [0.15, 0.2) is 5.91 Å². The Morgan fingerprint density at radius 1 is 0.895 bits per heavy atom. The van der Waals surface area contributed by atoms with Crippen LogP contribution >= 0.6 is 0 Å². The SMILES string of the molecule is [CH2-]CC(N)=O.[Zn+2].[Zn].[c-]1ccccc1.[c-]1ccccc1. The fourth-order valence-electron chi connectivity index (χ4n) is 0.684. The molecule has 0 aliphatic carbocycles. The molecule has 0 aromatic heterocycles. The maximum atomic E-state index is 9.53. The number of hydrogen-bond donors (Lipinski definition) is 1. The van der Waals surface area contributed by atoms with Crippen LogP contribution in [0.1, 0.15) is 6.42 Å². The Hall–Kier alpha value is -0.843. The monoisotopic (exact) mass is 354 g/mol. The minimum atomic E-state index is -0.356. The zero-order valence-electron chi connectivity index (χ0n) is 11.1. The smallest absolute Gasteiger partial charge is 0.372 e. The van der Waals surface area contributed by atoms with E-state index < -0.39 is 0 Å². The van der Waals surface area contributed by atoms with Gasteiger partial charge in [0.25, 0.3) is 0 Å². The van der Waals surface area contributed by atoms with Crippen molar-refractivity contribution in [3.05, 3.63) is 79.7 Å². The van der Waals surface area contributed by atoms with Gasteiger partial charge in [-0.2, -0.15) is 72.8 Å². The zero-order valence-corrected chi connectivity index (χ0v) is 17.0. The van der Waals surface area contributed by atoms with E-state index in [0.717, 1.165) is 0 Å². The van der Waals surface area contributed by atoms with Crippen LogP contribution in [0.2, 0.25) is 0 Å². The molecule has 0 aliphatic heterocycles. The molecule has 2 aromatic carbocycles. The topological polar surface area (TPSA) is 43.1 Å². The zero-order chi connectivity index (χ0) is 12.8. The van der Waals surface area contributed by atoms with E-state index in [0.29, 0.717) is 0 Å². The molecule has 2 aromatic rings. The van der Waals surface area contributed by atoms with Crippen LogP contribution in [0, 0.1) is 19.1 Å². The minimum Gasteiger partial charge on any atom is -0.372 e. The molecule has 0 spiro atoms. The van der Waals surface area contributed by atoms with Crippen LogP contribution in [0.3, 0.4) is 0 Å². The van der Waals surface area contributed by atoms with Crippen LogP contribution in [0.15, 0.2) is 60.7 Å². The van der Waals surface area contributed by atoms with E-state index >= 15 is 0 Å². The number of carbonyl (C=O) groups excluding carboxylic acids is 1. The third-order valence-electron chi connectivity index (χ3n) is 1.46. The molecule has 0 heterocycles.